The fourth-order valence-corrected chi connectivity index (χ4v) is 2.84. The standard InChI is InChI=1S/C12H25N3/c1-13-12(10-4-3-5-10)8-11-9-15(2)7-6-14-11/h10-14H,3-9H2,1-2H3. The Morgan fingerprint density at radius 2 is 2.27 bits per heavy atom. The van der Waals surface area contributed by atoms with Crippen molar-refractivity contribution >= 4 is 0 Å². The summed E-state index contributed by atoms with van der Waals surface area (Å²) in [6.45, 7) is 3.57. The number of hydrogen-bond acceptors (Lipinski definition) is 3. The maximum atomic E-state index is 3.64. The molecule has 2 rings (SSSR count). The van der Waals surface area contributed by atoms with Crippen LogP contribution in [0.3, 0.4) is 0 Å². The molecule has 0 aromatic heterocycles. The molecule has 0 bridgehead atoms. The topological polar surface area (TPSA) is 27.3 Å². The first-order valence-corrected chi connectivity index (χ1v) is 6.39. The highest BCUT2D eigenvalue weighted by Crippen LogP contribution is 2.31. The molecular formula is C12H25N3. The van der Waals surface area contributed by atoms with Crippen LogP contribution in [0.5, 0.6) is 0 Å². The van der Waals surface area contributed by atoms with Gasteiger partial charge in [-0.1, -0.05) is 6.42 Å². The second kappa shape index (κ2) is 5.28. The van der Waals surface area contributed by atoms with Gasteiger partial charge in [0.1, 0.15) is 0 Å². The molecule has 2 unspecified atom stereocenters. The van der Waals surface area contributed by atoms with Gasteiger partial charge in [-0.2, -0.15) is 0 Å². The summed E-state index contributed by atoms with van der Waals surface area (Å²) in [6.07, 6.45) is 5.62. The van der Waals surface area contributed by atoms with E-state index in [0.29, 0.717) is 6.04 Å². The molecule has 1 heterocycles. The van der Waals surface area contributed by atoms with Gasteiger partial charge < -0.3 is 15.5 Å². The number of piperazine rings is 1. The molecule has 0 aromatic carbocycles. The zero-order chi connectivity index (χ0) is 10.7. The van der Waals surface area contributed by atoms with Gasteiger partial charge in [-0.3, -0.25) is 0 Å². The molecule has 0 amide bonds. The lowest BCUT2D eigenvalue weighted by Gasteiger charge is -2.38. The van der Waals surface area contributed by atoms with Crippen molar-refractivity contribution in [2.75, 3.05) is 33.7 Å². The average molecular weight is 211 g/mol. The first-order valence-electron chi connectivity index (χ1n) is 6.39. The Morgan fingerprint density at radius 3 is 2.80 bits per heavy atom. The first kappa shape index (κ1) is 11.4. The minimum Gasteiger partial charge on any atom is -0.317 e. The quantitative estimate of drug-likeness (QED) is 0.716. The van der Waals surface area contributed by atoms with Crippen LogP contribution >= 0.6 is 0 Å². The van der Waals surface area contributed by atoms with Gasteiger partial charge >= 0.3 is 0 Å². The summed E-state index contributed by atoms with van der Waals surface area (Å²) in [6, 6.07) is 1.43. The average Bonchev–Trinajstić information content (AvgIpc) is 2.14. The minimum absolute atomic E-state index is 0.696. The molecule has 2 N–H and O–H groups in total. The lowest BCUT2D eigenvalue weighted by Crippen LogP contribution is -2.52. The van der Waals surface area contributed by atoms with E-state index < -0.39 is 0 Å². The Kier molecular flexibility index (Phi) is 4.00. The second-order valence-electron chi connectivity index (χ2n) is 5.24. The summed E-state index contributed by atoms with van der Waals surface area (Å²) >= 11 is 0. The van der Waals surface area contributed by atoms with Crippen molar-refractivity contribution in [2.45, 2.75) is 37.8 Å². The number of nitrogens with zero attached hydrogens (tertiary/aromatic N) is 1. The van der Waals surface area contributed by atoms with Gasteiger partial charge in [0.15, 0.2) is 0 Å². The molecule has 3 heteroatoms. The summed E-state index contributed by atoms with van der Waals surface area (Å²) in [5.41, 5.74) is 0. The molecule has 1 aliphatic heterocycles. The van der Waals surface area contributed by atoms with E-state index in [1.54, 1.807) is 0 Å². The van der Waals surface area contributed by atoms with Crippen molar-refractivity contribution < 1.29 is 0 Å². The van der Waals surface area contributed by atoms with Gasteiger partial charge in [0.05, 0.1) is 0 Å². The summed E-state index contributed by atoms with van der Waals surface area (Å²) in [5, 5.41) is 7.14. The Labute approximate surface area is 93.6 Å². The third-order valence-electron chi connectivity index (χ3n) is 4.09. The predicted molar refractivity (Wildman–Crippen MR) is 64.1 cm³/mol. The highest BCUT2D eigenvalue weighted by atomic mass is 15.2. The predicted octanol–water partition coefficient (Wildman–Crippen LogP) is 0.668. The van der Waals surface area contributed by atoms with Crippen molar-refractivity contribution in [3.8, 4) is 0 Å². The molecule has 0 spiro atoms. The third-order valence-corrected chi connectivity index (χ3v) is 4.09. The summed E-state index contributed by atoms with van der Waals surface area (Å²) in [4.78, 5) is 2.44. The van der Waals surface area contributed by atoms with E-state index in [9.17, 15) is 0 Å². The molecule has 1 saturated carbocycles. The summed E-state index contributed by atoms with van der Waals surface area (Å²) in [7, 11) is 4.35. The van der Waals surface area contributed by atoms with Gasteiger partial charge in [-0.25, -0.2) is 0 Å². The van der Waals surface area contributed by atoms with Crippen molar-refractivity contribution in [2.24, 2.45) is 5.92 Å². The fraction of sp³-hybridized carbons (Fsp3) is 1.00. The Morgan fingerprint density at radius 1 is 1.47 bits per heavy atom. The smallest absolute Gasteiger partial charge is 0.0210 e. The van der Waals surface area contributed by atoms with E-state index in [-0.39, 0.29) is 0 Å². The molecule has 2 atom stereocenters. The molecule has 0 radical (unpaired) electrons. The summed E-state index contributed by atoms with van der Waals surface area (Å²) < 4.78 is 0. The van der Waals surface area contributed by atoms with Crippen LogP contribution in [0.1, 0.15) is 25.7 Å². The van der Waals surface area contributed by atoms with Crippen LogP contribution in [0, 0.1) is 5.92 Å². The van der Waals surface area contributed by atoms with E-state index in [1.165, 1.54) is 38.8 Å². The van der Waals surface area contributed by atoms with E-state index in [4.69, 9.17) is 0 Å². The van der Waals surface area contributed by atoms with Crippen molar-refractivity contribution in [1.29, 1.82) is 0 Å². The highest BCUT2D eigenvalue weighted by Gasteiger charge is 2.29. The second-order valence-corrected chi connectivity index (χ2v) is 5.24. The SMILES string of the molecule is CNC(CC1CN(C)CCN1)C1CCC1. The first-order chi connectivity index (χ1) is 7.29. The zero-order valence-electron chi connectivity index (χ0n) is 10.1. The van der Waals surface area contributed by atoms with E-state index in [1.807, 2.05) is 0 Å². The third kappa shape index (κ3) is 2.92. The van der Waals surface area contributed by atoms with Gasteiger partial charge in [0.25, 0.3) is 0 Å². The molecule has 3 nitrogen and oxygen atoms in total. The van der Waals surface area contributed by atoms with E-state index >= 15 is 0 Å². The van der Waals surface area contributed by atoms with Crippen LogP contribution in [0.15, 0.2) is 0 Å². The maximum Gasteiger partial charge on any atom is 0.0210 e. The van der Waals surface area contributed by atoms with Crippen LogP contribution in [-0.4, -0.2) is 50.7 Å². The molecule has 1 aliphatic carbocycles. The molecule has 88 valence electrons. The molecular weight excluding hydrogens is 186 g/mol. The van der Waals surface area contributed by atoms with Crippen LogP contribution in [-0.2, 0) is 0 Å². The van der Waals surface area contributed by atoms with Crippen LogP contribution < -0.4 is 10.6 Å². The fourth-order valence-electron chi connectivity index (χ4n) is 2.84. The molecule has 2 aliphatic rings. The molecule has 15 heavy (non-hydrogen) atoms. The monoisotopic (exact) mass is 211 g/mol. The Balaban J connectivity index is 1.77. The zero-order valence-corrected chi connectivity index (χ0v) is 10.1. The molecule has 0 aromatic rings. The highest BCUT2D eigenvalue weighted by molar-refractivity contribution is 4.87. The Bertz CT molecular complexity index is 191. The molecule has 1 saturated heterocycles. The van der Waals surface area contributed by atoms with Crippen LogP contribution in [0.4, 0.5) is 0 Å². The number of rotatable bonds is 4. The number of likely N-dealkylation sites (N-methyl/N-ethyl adjacent to an activating group) is 1. The van der Waals surface area contributed by atoms with Crippen molar-refractivity contribution in [3.05, 3.63) is 0 Å². The normalized spacial score (nSPS) is 31.2. The van der Waals surface area contributed by atoms with Gasteiger partial charge in [-0.15, -0.1) is 0 Å². The van der Waals surface area contributed by atoms with Gasteiger partial charge in [0, 0.05) is 31.7 Å². The van der Waals surface area contributed by atoms with Gasteiger partial charge in [-0.05, 0) is 39.3 Å². The minimum atomic E-state index is 0.696. The van der Waals surface area contributed by atoms with E-state index in [0.717, 1.165) is 18.5 Å². The van der Waals surface area contributed by atoms with Crippen LogP contribution in [0.2, 0.25) is 0 Å². The lowest BCUT2D eigenvalue weighted by molar-refractivity contribution is 0.176. The van der Waals surface area contributed by atoms with Crippen LogP contribution in [0.25, 0.3) is 0 Å². The largest absolute Gasteiger partial charge is 0.317 e. The number of nitrogens with one attached hydrogen (secondary N) is 2. The van der Waals surface area contributed by atoms with Gasteiger partial charge in [0.2, 0.25) is 0 Å². The maximum absolute atomic E-state index is 3.64. The van der Waals surface area contributed by atoms with Crippen molar-refractivity contribution in [3.63, 3.8) is 0 Å². The van der Waals surface area contributed by atoms with Crippen molar-refractivity contribution in [1.82, 2.24) is 15.5 Å². The van der Waals surface area contributed by atoms with E-state index in [2.05, 4.69) is 29.6 Å². The molecule has 2 fully saturated rings. The number of hydrogen-bond donors (Lipinski definition) is 2. The Hall–Kier alpha value is -0.120. The summed E-state index contributed by atoms with van der Waals surface area (Å²) in [5.74, 6) is 0.948. The lowest BCUT2D eigenvalue weighted by atomic mass is 9.77.